The van der Waals surface area contributed by atoms with Crippen LogP contribution in [0.25, 0.3) is 0 Å². The summed E-state index contributed by atoms with van der Waals surface area (Å²) in [6.07, 6.45) is 0.634. The number of amides is 1. The largest absolute Gasteiger partial charge is 0.435 e. The van der Waals surface area contributed by atoms with E-state index in [1.807, 2.05) is 24.3 Å². The van der Waals surface area contributed by atoms with Crippen LogP contribution in [-0.2, 0) is 4.79 Å². The zero-order chi connectivity index (χ0) is 17.1. The molecule has 1 amide bonds. The first-order chi connectivity index (χ1) is 11.5. The van der Waals surface area contributed by atoms with Crippen molar-refractivity contribution >= 4 is 33.2 Å². The fraction of sp³-hybridized carbons (Fsp3) is 0.235. The maximum absolute atomic E-state index is 12.6. The highest BCUT2D eigenvalue weighted by Crippen LogP contribution is 2.26. The predicted octanol–water partition coefficient (Wildman–Crippen LogP) is 4.27. The highest BCUT2D eigenvalue weighted by atomic mass is 79.9. The number of alkyl halides is 2. The summed E-state index contributed by atoms with van der Waals surface area (Å²) >= 11 is 3.37. The van der Waals surface area contributed by atoms with Gasteiger partial charge < -0.3 is 15.0 Å². The zero-order valence-electron chi connectivity index (χ0n) is 12.6. The van der Waals surface area contributed by atoms with E-state index < -0.39 is 12.7 Å². The summed E-state index contributed by atoms with van der Waals surface area (Å²) in [6, 6.07) is 13.4. The lowest BCUT2D eigenvalue weighted by Gasteiger charge is -2.18. The molecule has 1 aliphatic rings. The van der Waals surface area contributed by atoms with E-state index in [9.17, 15) is 13.6 Å². The first-order valence-corrected chi connectivity index (χ1v) is 8.20. The molecule has 1 N–H and O–H groups in total. The molecule has 0 aliphatic carbocycles. The van der Waals surface area contributed by atoms with E-state index in [0.717, 1.165) is 10.2 Å². The van der Waals surface area contributed by atoms with Crippen LogP contribution in [0, 0.1) is 0 Å². The molecule has 1 fully saturated rings. The summed E-state index contributed by atoms with van der Waals surface area (Å²) in [5.74, 6) is 0.0164. The van der Waals surface area contributed by atoms with E-state index in [1.54, 1.807) is 17.0 Å². The van der Waals surface area contributed by atoms with Crippen molar-refractivity contribution < 1.29 is 18.3 Å². The molecular formula is C17H15BrF2N2O2. The smallest absolute Gasteiger partial charge is 0.387 e. The van der Waals surface area contributed by atoms with Crippen molar-refractivity contribution in [2.45, 2.75) is 19.1 Å². The van der Waals surface area contributed by atoms with Crippen molar-refractivity contribution in [1.82, 2.24) is 0 Å². The third-order valence-corrected chi connectivity index (χ3v) is 4.27. The highest BCUT2D eigenvalue weighted by Gasteiger charge is 2.32. The van der Waals surface area contributed by atoms with Crippen molar-refractivity contribution in [2.24, 2.45) is 0 Å². The molecule has 0 aromatic heterocycles. The predicted molar refractivity (Wildman–Crippen MR) is 91.6 cm³/mol. The first kappa shape index (κ1) is 16.7. The number of carbonyl (C=O) groups excluding carboxylic acids is 1. The number of rotatable bonds is 5. The minimum absolute atomic E-state index is 0.0440. The monoisotopic (exact) mass is 396 g/mol. The minimum Gasteiger partial charge on any atom is -0.435 e. The number of nitrogens with zero attached hydrogens (tertiary/aromatic N) is 1. The van der Waals surface area contributed by atoms with Gasteiger partial charge in [0, 0.05) is 28.5 Å². The van der Waals surface area contributed by atoms with Gasteiger partial charge in [-0.05, 0) is 42.8 Å². The van der Waals surface area contributed by atoms with E-state index >= 15 is 0 Å². The third-order valence-electron chi connectivity index (χ3n) is 3.74. The third kappa shape index (κ3) is 3.84. The van der Waals surface area contributed by atoms with Crippen molar-refractivity contribution in [3.8, 4) is 5.75 Å². The normalized spacial score (nSPS) is 17.4. The number of halogens is 3. The lowest BCUT2D eigenvalue weighted by Crippen LogP contribution is -2.33. The van der Waals surface area contributed by atoms with Crippen LogP contribution < -0.4 is 15.0 Å². The maximum atomic E-state index is 12.6. The Morgan fingerprint density at radius 3 is 2.67 bits per heavy atom. The first-order valence-electron chi connectivity index (χ1n) is 7.41. The molecule has 0 spiro atoms. The van der Waals surface area contributed by atoms with Crippen molar-refractivity contribution in [3.63, 3.8) is 0 Å². The lowest BCUT2D eigenvalue weighted by atomic mass is 10.2. The Labute approximate surface area is 146 Å². The maximum Gasteiger partial charge on any atom is 0.387 e. The van der Waals surface area contributed by atoms with Crippen LogP contribution >= 0.6 is 15.9 Å². The van der Waals surface area contributed by atoms with Gasteiger partial charge >= 0.3 is 6.61 Å². The molecule has 0 radical (unpaired) electrons. The Morgan fingerprint density at radius 2 is 1.96 bits per heavy atom. The second-order valence-electron chi connectivity index (χ2n) is 5.36. The Hall–Kier alpha value is -2.15. The van der Waals surface area contributed by atoms with Gasteiger partial charge in [-0.3, -0.25) is 4.79 Å². The van der Waals surface area contributed by atoms with Gasteiger partial charge in [0.25, 0.3) is 0 Å². The number of hydrogen-bond acceptors (Lipinski definition) is 3. The van der Waals surface area contributed by atoms with Crippen LogP contribution in [0.1, 0.15) is 6.42 Å². The summed E-state index contributed by atoms with van der Waals surface area (Å²) < 4.78 is 29.9. The standard InChI is InChI=1S/C17H15BrF2N2O2/c18-11-4-6-13(7-5-11)22-9-8-15(16(22)23)21-12-2-1-3-14(10-12)24-17(19)20/h1-7,10,15,17,21H,8-9H2. The average Bonchev–Trinajstić information content (AvgIpc) is 2.89. The molecule has 24 heavy (non-hydrogen) atoms. The van der Waals surface area contributed by atoms with Crippen LogP contribution in [0.15, 0.2) is 53.0 Å². The van der Waals surface area contributed by atoms with Gasteiger partial charge in [0.05, 0.1) is 0 Å². The molecule has 1 atom stereocenters. The highest BCUT2D eigenvalue weighted by molar-refractivity contribution is 9.10. The molecule has 1 aliphatic heterocycles. The molecule has 3 rings (SSSR count). The van der Waals surface area contributed by atoms with Gasteiger partial charge in [-0.2, -0.15) is 8.78 Å². The van der Waals surface area contributed by atoms with E-state index in [2.05, 4.69) is 26.0 Å². The fourth-order valence-electron chi connectivity index (χ4n) is 2.65. The van der Waals surface area contributed by atoms with Crippen LogP contribution in [0.4, 0.5) is 20.2 Å². The number of hydrogen-bond donors (Lipinski definition) is 1. The van der Waals surface area contributed by atoms with Crippen LogP contribution in [-0.4, -0.2) is 25.1 Å². The van der Waals surface area contributed by atoms with Crippen molar-refractivity contribution in [3.05, 3.63) is 53.0 Å². The van der Waals surface area contributed by atoms with Crippen molar-refractivity contribution in [2.75, 3.05) is 16.8 Å². The molecule has 7 heteroatoms. The van der Waals surface area contributed by atoms with Crippen LogP contribution in [0.5, 0.6) is 5.75 Å². The summed E-state index contributed by atoms with van der Waals surface area (Å²) in [5.41, 5.74) is 1.41. The summed E-state index contributed by atoms with van der Waals surface area (Å²) in [6.45, 7) is -2.27. The molecule has 2 aromatic carbocycles. The molecule has 1 heterocycles. The molecule has 4 nitrogen and oxygen atoms in total. The summed E-state index contributed by atoms with van der Waals surface area (Å²) in [7, 11) is 0. The van der Waals surface area contributed by atoms with Gasteiger partial charge in [0.15, 0.2) is 0 Å². The number of carbonyl (C=O) groups is 1. The van der Waals surface area contributed by atoms with E-state index in [-0.39, 0.29) is 11.7 Å². The average molecular weight is 397 g/mol. The molecule has 0 saturated carbocycles. The van der Waals surface area contributed by atoms with Gasteiger partial charge in [-0.1, -0.05) is 22.0 Å². The summed E-state index contributed by atoms with van der Waals surface area (Å²) in [4.78, 5) is 14.3. The second-order valence-corrected chi connectivity index (χ2v) is 6.27. The minimum atomic E-state index is -2.87. The topological polar surface area (TPSA) is 41.6 Å². The Bertz CT molecular complexity index is 725. The number of anilines is 2. The van der Waals surface area contributed by atoms with Crippen LogP contribution in [0.2, 0.25) is 0 Å². The van der Waals surface area contributed by atoms with Gasteiger partial charge in [-0.15, -0.1) is 0 Å². The molecular weight excluding hydrogens is 382 g/mol. The summed E-state index contributed by atoms with van der Waals surface area (Å²) in [5, 5.41) is 3.09. The number of ether oxygens (including phenoxy) is 1. The molecule has 1 saturated heterocycles. The number of nitrogens with one attached hydrogen (secondary N) is 1. The second kappa shape index (κ2) is 7.17. The van der Waals surface area contributed by atoms with Crippen molar-refractivity contribution in [1.29, 1.82) is 0 Å². The molecule has 1 unspecified atom stereocenters. The van der Waals surface area contributed by atoms with E-state index in [4.69, 9.17) is 0 Å². The van der Waals surface area contributed by atoms with E-state index in [1.165, 1.54) is 12.1 Å². The van der Waals surface area contributed by atoms with Gasteiger partial charge in [0.2, 0.25) is 5.91 Å². The lowest BCUT2D eigenvalue weighted by molar-refractivity contribution is -0.117. The Kier molecular flexibility index (Phi) is 4.99. The zero-order valence-corrected chi connectivity index (χ0v) is 14.2. The fourth-order valence-corrected chi connectivity index (χ4v) is 2.92. The number of benzene rings is 2. The molecule has 2 aromatic rings. The molecule has 0 bridgehead atoms. The van der Waals surface area contributed by atoms with Gasteiger partial charge in [0.1, 0.15) is 11.8 Å². The van der Waals surface area contributed by atoms with Gasteiger partial charge in [-0.25, -0.2) is 0 Å². The Balaban J connectivity index is 1.68. The van der Waals surface area contributed by atoms with E-state index in [0.29, 0.717) is 18.7 Å². The SMILES string of the molecule is O=C1C(Nc2cccc(OC(F)F)c2)CCN1c1ccc(Br)cc1. The molecule has 126 valence electrons. The Morgan fingerprint density at radius 1 is 1.21 bits per heavy atom. The quantitative estimate of drug-likeness (QED) is 0.820. The van der Waals surface area contributed by atoms with Crippen LogP contribution in [0.3, 0.4) is 0 Å².